The molecule has 186 valence electrons. The lowest BCUT2D eigenvalue weighted by Crippen LogP contribution is -2.15. The molecule has 0 radical (unpaired) electrons. The molecule has 1 aromatic heterocycles. The summed E-state index contributed by atoms with van der Waals surface area (Å²) in [5, 5.41) is 13.1. The second kappa shape index (κ2) is 11.8. The van der Waals surface area contributed by atoms with Gasteiger partial charge in [0.25, 0.3) is 0 Å². The zero-order valence-corrected chi connectivity index (χ0v) is 22.4. The van der Waals surface area contributed by atoms with Gasteiger partial charge in [-0.2, -0.15) is 0 Å². The second-order valence-corrected chi connectivity index (χ2v) is 10.3. The normalized spacial score (nSPS) is 11.9. The standard InChI is InChI=1S/C27H26Cl2N4O2S/c1-17(2)19-9-11-24(12-10-19)35-18(3)26-31-32-27(33(26)23-7-5-4-6-8-23)36-16-25(34)30-22-14-20(28)13-21(29)15-22/h4-15,17-18H,16H2,1-3H3,(H,30,34). The highest BCUT2D eigenvalue weighted by atomic mass is 35.5. The fourth-order valence-electron chi connectivity index (χ4n) is 3.60. The summed E-state index contributed by atoms with van der Waals surface area (Å²) in [6.45, 7) is 6.25. The Morgan fingerprint density at radius 3 is 2.28 bits per heavy atom. The Labute approximate surface area is 225 Å². The number of ether oxygens (including phenoxy) is 1. The van der Waals surface area contributed by atoms with Gasteiger partial charge in [-0.15, -0.1) is 10.2 Å². The van der Waals surface area contributed by atoms with E-state index in [-0.39, 0.29) is 17.8 Å². The average Bonchev–Trinajstić information content (AvgIpc) is 3.27. The fourth-order valence-corrected chi connectivity index (χ4v) is 4.88. The van der Waals surface area contributed by atoms with E-state index < -0.39 is 0 Å². The number of hydrogen-bond donors (Lipinski definition) is 1. The van der Waals surface area contributed by atoms with Crippen LogP contribution < -0.4 is 10.1 Å². The minimum atomic E-state index is -0.376. The Hall–Kier alpha value is -3.00. The van der Waals surface area contributed by atoms with E-state index in [1.165, 1.54) is 17.3 Å². The van der Waals surface area contributed by atoms with E-state index in [0.717, 1.165) is 11.4 Å². The maximum absolute atomic E-state index is 12.6. The molecule has 1 heterocycles. The Bertz CT molecular complexity index is 1310. The van der Waals surface area contributed by atoms with Gasteiger partial charge in [-0.3, -0.25) is 9.36 Å². The van der Waals surface area contributed by atoms with Crippen LogP contribution in [-0.4, -0.2) is 26.4 Å². The molecule has 6 nitrogen and oxygen atoms in total. The number of rotatable bonds is 9. The molecule has 1 atom stereocenters. The summed E-state index contributed by atoms with van der Waals surface area (Å²) < 4.78 is 8.12. The lowest BCUT2D eigenvalue weighted by molar-refractivity contribution is -0.113. The highest BCUT2D eigenvalue weighted by Gasteiger charge is 2.22. The number of amides is 1. The minimum absolute atomic E-state index is 0.126. The summed E-state index contributed by atoms with van der Waals surface area (Å²) in [5.74, 6) is 1.75. The molecule has 1 N–H and O–H groups in total. The van der Waals surface area contributed by atoms with Crippen molar-refractivity contribution in [2.75, 3.05) is 11.1 Å². The van der Waals surface area contributed by atoms with Gasteiger partial charge in [-0.25, -0.2) is 0 Å². The molecule has 0 aliphatic heterocycles. The van der Waals surface area contributed by atoms with Crippen molar-refractivity contribution < 1.29 is 9.53 Å². The van der Waals surface area contributed by atoms with E-state index in [2.05, 4.69) is 41.5 Å². The molecule has 0 saturated carbocycles. The van der Waals surface area contributed by atoms with Crippen LogP contribution in [-0.2, 0) is 4.79 Å². The van der Waals surface area contributed by atoms with Gasteiger partial charge in [0.2, 0.25) is 5.91 Å². The number of aromatic nitrogens is 3. The molecule has 9 heteroatoms. The molecule has 36 heavy (non-hydrogen) atoms. The van der Waals surface area contributed by atoms with Crippen LogP contribution in [0.15, 0.2) is 78.0 Å². The van der Waals surface area contributed by atoms with Gasteiger partial charge in [0, 0.05) is 21.4 Å². The SMILES string of the molecule is CC(C)c1ccc(OC(C)c2nnc(SCC(=O)Nc3cc(Cl)cc(Cl)c3)n2-c2ccccc2)cc1. The van der Waals surface area contributed by atoms with E-state index in [1.807, 2.05) is 54.0 Å². The molecule has 3 aromatic carbocycles. The van der Waals surface area contributed by atoms with E-state index in [9.17, 15) is 4.79 Å². The third-order valence-electron chi connectivity index (χ3n) is 5.37. The highest BCUT2D eigenvalue weighted by molar-refractivity contribution is 7.99. The van der Waals surface area contributed by atoms with Crippen molar-refractivity contribution in [3.63, 3.8) is 0 Å². The first-order chi connectivity index (χ1) is 17.3. The predicted octanol–water partition coefficient (Wildman–Crippen LogP) is 7.57. The molecule has 4 aromatic rings. The van der Waals surface area contributed by atoms with Crippen LogP contribution >= 0.6 is 35.0 Å². The van der Waals surface area contributed by atoms with Crippen molar-refractivity contribution in [1.82, 2.24) is 14.8 Å². The molecular weight excluding hydrogens is 515 g/mol. The Morgan fingerprint density at radius 1 is 0.972 bits per heavy atom. The van der Waals surface area contributed by atoms with Crippen LogP contribution in [0.3, 0.4) is 0 Å². The Morgan fingerprint density at radius 2 is 1.64 bits per heavy atom. The van der Waals surface area contributed by atoms with Crippen LogP contribution in [0.2, 0.25) is 10.0 Å². The lowest BCUT2D eigenvalue weighted by Gasteiger charge is -2.17. The number of para-hydroxylation sites is 1. The Balaban J connectivity index is 1.52. The predicted molar refractivity (Wildman–Crippen MR) is 147 cm³/mol. The van der Waals surface area contributed by atoms with Crippen molar-refractivity contribution in [1.29, 1.82) is 0 Å². The number of nitrogens with zero attached hydrogens (tertiary/aromatic N) is 3. The highest BCUT2D eigenvalue weighted by Crippen LogP contribution is 2.29. The number of carbonyl (C=O) groups excluding carboxylic acids is 1. The maximum Gasteiger partial charge on any atom is 0.234 e. The van der Waals surface area contributed by atoms with Crippen molar-refractivity contribution in [2.45, 2.75) is 37.9 Å². The number of carbonyl (C=O) groups is 1. The quantitative estimate of drug-likeness (QED) is 0.221. The fraction of sp³-hybridized carbons (Fsp3) is 0.222. The van der Waals surface area contributed by atoms with Crippen LogP contribution in [0.25, 0.3) is 5.69 Å². The maximum atomic E-state index is 12.6. The van der Waals surface area contributed by atoms with Gasteiger partial charge >= 0.3 is 0 Å². The molecule has 0 fully saturated rings. The number of nitrogens with one attached hydrogen (secondary N) is 1. The van der Waals surface area contributed by atoms with Crippen LogP contribution in [0.4, 0.5) is 5.69 Å². The number of anilines is 1. The van der Waals surface area contributed by atoms with E-state index in [0.29, 0.717) is 32.6 Å². The average molecular weight is 542 g/mol. The van der Waals surface area contributed by atoms with Crippen LogP contribution in [0, 0.1) is 0 Å². The first kappa shape index (κ1) is 26.1. The number of benzene rings is 3. The summed E-state index contributed by atoms with van der Waals surface area (Å²) in [4.78, 5) is 12.6. The largest absolute Gasteiger partial charge is 0.483 e. The minimum Gasteiger partial charge on any atom is -0.483 e. The van der Waals surface area contributed by atoms with Gasteiger partial charge in [0.1, 0.15) is 5.75 Å². The zero-order valence-electron chi connectivity index (χ0n) is 20.1. The third kappa shape index (κ3) is 6.60. The molecule has 0 spiro atoms. The topological polar surface area (TPSA) is 69.0 Å². The number of halogens is 2. The van der Waals surface area contributed by atoms with Crippen LogP contribution in [0.5, 0.6) is 5.75 Å². The smallest absolute Gasteiger partial charge is 0.234 e. The second-order valence-electron chi connectivity index (χ2n) is 8.49. The zero-order chi connectivity index (χ0) is 25.7. The molecule has 4 rings (SSSR count). The first-order valence-corrected chi connectivity index (χ1v) is 13.2. The number of thioether (sulfide) groups is 1. The molecule has 1 unspecified atom stereocenters. The van der Waals surface area contributed by atoms with Crippen molar-refractivity contribution in [3.8, 4) is 11.4 Å². The van der Waals surface area contributed by atoms with E-state index in [4.69, 9.17) is 27.9 Å². The third-order valence-corrected chi connectivity index (χ3v) is 6.74. The van der Waals surface area contributed by atoms with Crippen LogP contribution in [0.1, 0.15) is 44.2 Å². The molecule has 0 saturated heterocycles. The van der Waals surface area contributed by atoms with Gasteiger partial charge in [-0.05, 0) is 60.9 Å². The van der Waals surface area contributed by atoms with E-state index in [1.54, 1.807) is 18.2 Å². The summed E-state index contributed by atoms with van der Waals surface area (Å²) in [6, 6.07) is 22.8. The van der Waals surface area contributed by atoms with Gasteiger partial charge < -0.3 is 10.1 Å². The summed E-state index contributed by atoms with van der Waals surface area (Å²) in [6.07, 6.45) is -0.376. The molecule has 0 aliphatic rings. The van der Waals surface area contributed by atoms with Gasteiger partial charge in [-0.1, -0.05) is 79.1 Å². The summed E-state index contributed by atoms with van der Waals surface area (Å²) >= 11 is 13.3. The first-order valence-electron chi connectivity index (χ1n) is 11.5. The summed E-state index contributed by atoms with van der Waals surface area (Å²) in [7, 11) is 0. The lowest BCUT2D eigenvalue weighted by atomic mass is 10.0. The number of hydrogen-bond acceptors (Lipinski definition) is 5. The van der Waals surface area contributed by atoms with Crippen molar-refractivity contribution in [2.24, 2.45) is 0 Å². The van der Waals surface area contributed by atoms with Crippen molar-refractivity contribution >= 4 is 46.6 Å². The van der Waals surface area contributed by atoms with Gasteiger partial charge in [0.05, 0.1) is 5.75 Å². The Kier molecular flexibility index (Phi) is 8.56. The van der Waals surface area contributed by atoms with E-state index >= 15 is 0 Å². The molecule has 0 bridgehead atoms. The van der Waals surface area contributed by atoms with Crippen molar-refractivity contribution in [3.05, 3.63) is 94.2 Å². The van der Waals surface area contributed by atoms with Gasteiger partial charge in [0.15, 0.2) is 17.1 Å². The molecule has 0 aliphatic carbocycles. The monoisotopic (exact) mass is 540 g/mol. The summed E-state index contributed by atoms with van der Waals surface area (Å²) in [5.41, 5.74) is 2.67. The molecule has 1 amide bonds. The molecular formula is C27H26Cl2N4O2S.